The molecule has 0 aliphatic carbocycles. The summed E-state index contributed by atoms with van der Waals surface area (Å²) >= 11 is 1.29. The molecule has 2 heterocycles. The number of ketones is 1. The lowest BCUT2D eigenvalue weighted by Crippen LogP contribution is -2.08. The van der Waals surface area contributed by atoms with Crippen LogP contribution in [0.5, 0.6) is 0 Å². The Morgan fingerprint density at radius 3 is 2.79 bits per heavy atom. The minimum Gasteiger partial charge on any atom is -0.305 e. The van der Waals surface area contributed by atoms with Crippen LogP contribution < -0.4 is 0 Å². The number of hydrogen-bond acceptors (Lipinski definition) is 5. The fourth-order valence-corrected chi connectivity index (χ4v) is 3.01. The number of carbonyl (C=O) groups is 1. The maximum atomic E-state index is 13.6. The van der Waals surface area contributed by atoms with E-state index in [-0.39, 0.29) is 23.8 Å². The molecule has 5 nitrogen and oxygen atoms in total. The molecule has 0 aliphatic heterocycles. The Morgan fingerprint density at radius 1 is 1.21 bits per heavy atom. The van der Waals surface area contributed by atoms with Gasteiger partial charge in [0, 0.05) is 31.4 Å². The number of aromatic nitrogens is 4. The molecule has 0 saturated carbocycles. The summed E-state index contributed by atoms with van der Waals surface area (Å²) in [5.41, 5.74) is 1.27. The molecule has 3 rings (SSSR count). The van der Waals surface area contributed by atoms with Crippen molar-refractivity contribution in [2.24, 2.45) is 7.05 Å². The monoisotopic (exact) mass is 342 g/mol. The van der Waals surface area contributed by atoms with E-state index in [1.807, 2.05) is 23.7 Å². The first-order chi connectivity index (χ1) is 11.6. The first-order valence-electron chi connectivity index (χ1n) is 7.33. The van der Waals surface area contributed by atoms with Crippen LogP contribution in [0.4, 0.5) is 4.39 Å². The second kappa shape index (κ2) is 7.35. The van der Waals surface area contributed by atoms with Crippen molar-refractivity contribution < 1.29 is 9.18 Å². The molecule has 2 aromatic heterocycles. The van der Waals surface area contributed by atoms with E-state index >= 15 is 0 Å². The van der Waals surface area contributed by atoms with E-state index in [1.54, 1.807) is 30.6 Å². The van der Waals surface area contributed by atoms with Gasteiger partial charge < -0.3 is 4.57 Å². The highest BCUT2D eigenvalue weighted by molar-refractivity contribution is 7.99. The largest absolute Gasteiger partial charge is 0.305 e. The molecular formula is C17H15FN4OS. The summed E-state index contributed by atoms with van der Waals surface area (Å²) in [6.07, 6.45) is 3.48. The second-order valence-electron chi connectivity index (χ2n) is 5.20. The Balaban J connectivity index is 1.64. The molecule has 0 spiro atoms. The van der Waals surface area contributed by atoms with Gasteiger partial charge in [-0.1, -0.05) is 30.0 Å². The van der Waals surface area contributed by atoms with Gasteiger partial charge in [0.15, 0.2) is 11.0 Å². The van der Waals surface area contributed by atoms with Crippen molar-refractivity contribution in [3.05, 3.63) is 60.2 Å². The van der Waals surface area contributed by atoms with E-state index in [0.29, 0.717) is 16.5 Å². The lowest BCUT2D eigenvalue weighted by atomic mass is 10.1. The van der Waals surface area contributed by atoms with E-state index in [9.17, 15) is 9.18 Å². The zero-order valence-corrected chi connectivity index (χ0v) is 13.8. The van der Waals surface area contributed by atoms with Gasteiger partial charge in [-0.3, -0.25) is 9.78 Å². The van der Waals surface area contributed by atoms with Crippen LogP contribution in [0.2, 0.25) is 0 Å². The van der Waals surface area contributed by atoms with Gasteiger partial charge >= 0.3 is 0 Å². The first-order valence-corrected chi connectivity index (χ1v) is 8.31. The molecule has 0 atom stereocenters. The Hall–Kier alpha value is -2.54. The molecule has 7 heteroatoms. The summed E-state index contributed by atoms with van der Waals surface area (Å²) in [5, 5.41) is 8.89. The average molecular weight is 342 g/mol. The molecule has 0 unspecified atom stereocenters. The molecule has 0 N–H and O–H groups in total. The molecule has 3 aromatic rings. The first kappa shape index (κ1) is 16.3. The Kier molecular flexibility index (Phi) is 5.00. The third kappa shape index (κ3) is 3.68. The molecule has 0 bridgehead atoms. The maximum absolute atomic E-state index is 13.6. The lowest BCUT2D eigenvalue weighted by Gasteiger charge is -2.04. The average Bonchev–Trinajstić information content (AvgIpc) is 2.97. The van der Waals surface area contributed by atoms with Crippen molar-refractivity contribution >= 4 is 17.5 Å². The number of hydrogen-bond donors (Lipinski definition) is 0. The van der Waals surface area contributed by atoms with E-state index < -0.39 is 0 Å². The summed E-state index contributed by atoms with van der Waals surface area (Å²) in [5.74, 6) is 0.490. The summed E-state index contributed by atoms with van der Waals surface area (Å²) in [7, 11) is 1.84. The number of carbonyl (C=O) groups excluding carboxylic acids is 1. The molecular weight excluding hydrogens is 327 g/mol. The van der Waals surface area contributed by atoms with Crippen LogP contribution in [-0.4, -0.2) is 31.3 Å². The van der Waals surface area contributed by atoms with Crippen molar-refractivity contribution in [2.45, 2.75) is 11.6 Å². The molecule has 122 valence electrons. The molecule has 24 heavy (non-hydrogen) atoms. The van der Waals surface area contributed by atoms with Crippen molar-refractivity contribution in [1.29, 1.82) is 0 Å². The fourth-order valence-electron chi connectivity index (χ4n) is 2.24. The molecule has 0 amide bonds. The third-order valence-electron chi connectivity index (χ3n) is 3.46. The summed E-state index contributed by atoms with van der Waals surface area (Å²) in [6, 6.07) is 10.0. The summed E-state index contributed by atoms with van der Waals surface area (Å²) in [6.45, 7) is 0. The molecule has 0 aliphatic rings. The van der Waals surface area contributed by atoms with Gasteiger partial charge in [-0.05, 0) is 23.8 Å². The standard InChI is InChI=1S/C17H15FN4OS/c1-22-16(13-6-4-8-19-10-13)20-21-17(22)24-11-14(23)9-12-5-2-3-7-15(12)18/h2-8,10H,9,11H2,1H3. The molecule has 0 radical (unpaired) electrons. The number of nitrogens with zero attached hydrogens (tertiary/aromatic N) is 4. The van der Waals surface area contributed by atoms with Crippen molar-refractivity contribution in [2.75, 3.05) is 5.75 Å². The van der Waals surface area contributed by atoms with Gasteiger partial charge in [0.2, 0.25) is 0 Å². The van der Waals surface area contributed by atoms with E-state index in [1.165, 1.54) is 17.8 Å². The number of Topliss-reactive ketones (excluding diaryl/α,β-unsaturated/α-hetero) is 1. The topological polar surface area (TPSA) is 60.7 Å². The minimum absolute atomic E-state index is 0.0592. The van der Waals surface area contributed by atoms with Crippen LogP contribution in [0.15, 0.2) is 53.9 Å². The van der Waals surface area contributed by atoms with Gasteiger partial charge in [-0.2, -0.15) is 0 Å². The zero-order chi connectivity index (χ0) is 16.9. The van der Waals surface area contributed by atoms with Gasteiger partial charge in [-0.15, -0.1) is 10.2 Å². The zero-order valence-electron chi connectivity index (χ0n) is 13.0. The second-order valence-corrected chi connectivity index (χ2v) is 6.14. The molecule has 0 fully saturated rings. The van der Waals surface area contributed by atoms with E-state index in [4.69, 9.17) is 0 Å². The predicted octanol–water partition coefficient (Wildman–Crippen LogP) is 2.92. The smallest absolute Gasteiger partial charge is 0.191 e. The van der Waals surface area contributed by atoms with Gasteiger partial charge in [0.1, 0.15) is 11.6 Å². The predicted molar refractivity (Wildman–Crippen MR) is 90.1 cm³/mol. The van der Waals surface area contributed by atoms with E-state index in [0.717, 1.165) is 5.56 Å². The maximum Gasteiger partial charge on any atom is 0.191 e. The highest BCUT2D eigenvalue weighted by Crippen LogP contribution is 2.22. The van der Waals surface area contributed by atoms with Crippen LogP contribution in [-0.2, 0) is 18.3 Å². The quantitative estimate of drug-likeness (QED) is 0.645. The minimum atomic E-state index is -0.353. The Morgan fingerprint density at radius 2 is 2.04 bits per heavy atom. The van der Waals surface area contributed by atoms with Crippen LogP contribution in [0, 0.1) is 5.82 Å². The summed E-state index contributed by atoms with van der Waals surface area (Å²) < 4.78 is 15.4. The number of pyridine rings is 1. The Bertz CT molecular complexity index is 851. The van der Waals surface area contributed by atoms with Crippen LogP contribution in [0.25, 0.3) is 11.4 Å². The van der Waals surface area contributed by atoms with Gasteiger partial charge in [0.05, 0.1) is 5.75 Å². The van der Waals surface area contributed by atoms with Crippen LogP contribution >= 0.6 is 11.8 Å². The van der Waals surface area contributed by atoms with Gasteiger partial charge in [-0.25, -0.2) is 4.39 Å². The third-order valence-corrected chi connectivity index (χ3v) is 4.54. The van der Waals surface area contributed by atoms with Crippen molar-refractivity contribution in [3.63, 3.8) is 0 Å². The number of benzene rings is 1. The van der Waals surface area contributed by atoms with Gasteiger partial charge in [0.25, 0.3) is 0 Å². The number of rotatable bonds is 6. The van der Waals surface area contributed by atoms with Crippen LogP contribution in [0.3, 0.4) is 0 Å². The lowest BCUT2D eigenvalue weighted by molar-refractivity contribution is -0.116. The SMILES string of the molecule is Cn1c(SCC(=O)Cc2ccccc2F)nnc1-c1cccnc1. The Labute approximate surface area is 143 Å². The molecule has 0 saturated heterocycles. The van der Waals surface area contributed by atoms with Crippen molar-refractivity contribution in [3.8, 4) is 11.4 Å². The van der Waals surface area contributed by atoms with E-state index in [2.05, 4.69) is 15.2 Å². The normalized spacial score (nSPS) is 10.8. The highest BCUT2D eigenvalue weighted by atomic mass is 32.2. The van der Waals surface area contributed by atoms with Crippen molar-refractivity contribution in [1.82, 2.24) is 19.7 Å². The highest BCUT2D eigenvalue weighted by Gasteiger charge is 2.14. The molecule has 1 aromatic carbocycles. The number of halogens is 1. The summed E-state index contributed by atoms with van der Waals surface area (Å²) in [4.78, 5) is 16.1. The fraction of sp³-hybridized carbons (Fsp3) is 0.176. The number of thioether (sulfide) groups is 1. The van der Waals surface area contributed by atoms with Crippen LogP contribution in [0.1, 0.15) is 5.56 Å².